The van der Waals surface area contributed by atoms with E-state index < -0.39 is 15.9 Å². The van der Waals surface area contributed by atoms with Gasteiger partial charge in [-0.05, 0) is 44.0 Å². The molecule has 1 saturated carbocycles. The molecule has 1 amide bonds. The second kappa shape index (κ2) is 13.0. The Morgan fingerprint density at radius 1 is 1.12 bits per heavy atom. The van der Waals surface area contributed by atoms with E-state index in [1.165, 1.54) is 34.9 Å². The molecule has 0 radical (unpaired) electrons. The number of halogens is 1. The first-order chi connectivity index (χ1) is 25.0. The Balaban J connectivity index is 1.19. The summed E-state index contributed by atoms with van der Waals surface area (Å²) < 4.78 is 29.3. The molecule has 6 heterocycles. The summed E-state index contributed by atoms with van der Waals surface area (Å²) in [5.41, 5.74) is 3.98. The number of pyridine rings is 2. The third-order valence-electron chi connectivity index (χ3n) is 9.31. The average molecular weight is 752 g/mol. The van der Waals surface area contributed by atoms with Crippen LogP contribution in [0.1, 0.15) is 40.0 Å². The Bertz CT molecular complexity index is 2740. The summed E-state index contributed by atoms with van der Waals surface area (Å²) in [7, 11) is -3.78. The SMILES string of the molecule is Cc1cc2n(CC#Cc3ccc(Cl)cc3-c3ccnc4c(C(=O)NS(C)(=O)=O)csc34)c(=O)c3c(C#N)c(N4CCN(C5CC5)CC4)ncc3n2n1. The number of thiophene rings is 1. The lowest BCUT2D eigenvalue weighted by molar-refractivity contribution is 0.0983. The number of carbonyl (C=O) groups excluding carboxylic acids is 1. The summed E-state index contributed by atoms with van der Waals surface area (Å²) in [6.07, 6.45) is 6.55. The lowest BCUT2D eigenvalue weighted by atomic mass is 10.00. The van der Waals surface area contributed by atoms with Gasteiger partial charge in [-0.1, -0.05) is 23.4 Å². The molecule has 52 heavy (non-hydrogen) atoms. The van der Waals surface area contributed by atoms with Crippen molar-refractivity contribution in [1.29, 1.82) is 5.26 Å². The zero-order valence-electron chi connectivity index (χ0n) is 28.1. The van der Waals surface area contributed by atoms with Gasteiger partial charge in [0, 0.05) is 71.6 Å². The van der Waals surface area contributed by atoms with Crippen LogP contribution < -0.4 is 15.2 Å². The van der Waals surface area contributed by atoms with Crippen LogP contribution in [0.25, 0.3) is 37.9 Å². The average Bonchev–Trinajstić information content (AvgIpc) is 3.76. The van der Waals surface area contributed by atoms with Crippen molar-refractivity contribution in [3.05, 3.63) is 85.9 Å². The molecule has 0 unspecified atom stereocenters. The van der Waals surface area contributed by atoms with Crippen LogP contribution in [0.3, 0.4) is 0 Å². The number of piperazine rings is 1. The van der Waals surface area contributed by atoms with Crippen molar-refractivity contribution in [1.82, 2.24) is 33.8 Å². The monoisotopic (exact) mass is 751 g/mol. The number of rotatable bonds is 6. The predicted molar refractivity (Wildman–Crippen MR) is 200 cm³/mol. The van der Waals surface area contributed by atoms with Crippen molar-refractivity contribution >= 4 is 71.5 Å². The first-order valence-corrected chi connectivity index (χ1v) is 19.6. The van der Waals surface area contributed by atoms with Gasteiger partial charge in [0.25, 0.3) is 11.5 Å². The number of fused-ring (bicyclic) bond motifs is 4. The molecular weight excluding hydrogens is 722 g/mol. The topological polar surface area (TPSA) is 159 Å². The van der Waals surface area contributed by atoms with Gasteiger partial charge in [-0.2, -0.15) is 10.4 Å². The van der Waals surface area contributed by atoms with Gasteiger partial charge in [-0.3, -0.25) is 24.0 Å². The molecule has 262 valence electrons. The normalized spacial score (nSPS) is 15.2. The zero-order chi connectivity index (χ0) is 36.3. The Labute approximate surface area is 307 Å². The first-order valence-electron chi connectivity index (χ1n) is 16.5. The van der Waals surface area contributed by atoms with Crippen LogP contribution in [-0.4, -0.2) is 81.9 Å². The van der Waals surface area contributed by atoms with E-state index in [2.05, 4.69) is 37.8 Å². The third kappa shape index (κ3) is 6.16. The van der Waals surface area contributed by atoms with Crippen molar-refractivity contribution in [2.75, 3.05) is 37.3 Å². The molecule has 0 spiro atoms. The summed E-state index contributed by atoms with van der Waals surface area (Å²) in [6.45, 7) is 5.05. The number of anilines is 1. The number of benzene rings is 1. The molecule has 5 aromatic heterocycles. The molecule has 1 aromatic carbocycles. The summed E-state index contributed by atoms with van der Waals surface area (Å²) in [5.74, 6) is 6.10. The van der Waals surface area contributed by atoms with E-state index in [1.807, 2.05) is 11.6 Å². The predicted octanol–water partition coefficient (Wildman–Crippen LogP) is 4.18. The van der Waals surface area contributed by atoms with E-state index in [9.17, 15) is 23.3 Å². The first kappa shape index (κ1) is 33.8. The Morgan fingerprint density at radius 2 is 1.90 bits per heavy atom. The van der Waals surface area contributed by atoms with Crippen molar-refractivity contribution < 1.29 is 13.2 Å². The molecule has 0 atom stereocenters. The highest BCUT2D eigenvalue weighted by Gasteiger charge is 2.32. The van der Waals surface area contributed by atoms with Crippen LogP contribution in [0.2, 0.25) is 5.02 Å². The van der Waals surface area contributed by atoms with Gasteiger partial charge in [-0.25, -0.2) is 22.6 Å². The lowest BCUT2D eigenvalue weighted by Gasteiger charge is -2.35. The highest BCUT2D eigenvalue weighted by Crippen LogP contribution is 2.37. The number of carbonyl (C=O) groups is 1. The van der Waals surface area contributed by atoms with E-state index >= 15 is 0 Å². The minimum atomic E-state index is -3.78. The number of amides is 1. The molecule has 8 rings (SSSR count). The van der Waals surface area contributed by atoms with Crippen molar-refractivity contribution in [3.63, 3.8) is 0 Å². The van der Waals surface area contributed by atoms with Crippen LogP contribution in [0.15, 0.2) is 52.9 Å². The van der Waals surface area contributed by atoms with E-state index in [-0.39, 0.29) is 28.6 Å². The van der Waals surface area contributed by atoms with Gasteiger partial charge in [0.05, 0.1) is 51.4 Å². The maximum absolute atomic E-state index is 14.3. The summed E-state index contributed by atoms with van der Waals surface area (Å²) >= 11 is 7.71. The van der Waals surface area contributed by atoms with Gasteiger partial charge in [-0.15, -0.1) is 11.3 Å². The van der Waals surface area contributed by atoms with Crippen LogP contribution in [-0.2, 0) is 16.6 Å². The number of aromatic nitrogens is 5. The number of nitrogens with one attached hydrogen (secondary N) is 1. The quantitative estimate of drug-likeness (QED) is 0.245. The summed E-state index contributed by atoms with van der Waals surface area (Å²) in [4.78, 5) is 40.7. The van der Waals surface area contributed by atoms with Crippen molar-refractivity contribution in [2.45, 2.75) is 32.4 Å². The maximum atomic E-state index is 14.3. The second-order valence-electron chi connectivity index (χ2n) is 12.9. The molecular formula is C36H30ClN9O4S2. The van der Waals surface area contributed by atoms with E-state index in [4.69, 9.17) is 16.6 Å². The van der Waals surface area contributed by atoms with Crippen molar-refractivity contribution in [3.8, 4) is 29.0 Å². The van der Waals surface area contributed by atoms with Crippen LogP contribution in [0.5, 0.6) is 0 Å². The minimum absolute atomic E-state index is 0.00533. The largest absolute Gasteiger partial charge is 0.353 e. The molecule has 0 bridgehead atoms. The van der Waals surface area contributed by atoms with E-state index in [0.29, 0.717) is 60.6 Å². The number of hydrogen-bond acceptors (Lipinski definition) is 11. The van der Waals surface area contributed by atoms with Crippen LogP contribution in [0, 0.1) is 30.1 Å². The number of hydrogen-bond donors (Lipinski definition) is 1. The summed E-state index contributed by atoms with van der Waals surface area (Å²) in [6, 6.07) is 11.8. The highest BCUT2D eigenvalue weighted by molar-refractivity contribution is 7.89. The van der Waals surface area contributed by atoms with Crippen molar-refractivity contribution in [2.24, 2.45) is 0 Å². The standard InChI is InChI=1S/C36H30ClN9O4S2/c1-21-16-30-45(36(48)31-27(18-38)34(40-19-29(31)46(30)41-21)44-14-12-43(13-15-44)24-7-8-24)11-3-4-22-5-6-23(37)17-26(22)25-9-10-39-32-28(20-51-33(25)32)35(47)42-52(2,49)50/h5-6,9-10,16-17,19-20,24H,7-8,11-15H2,1-2H3,(H,42,47). The molecule has 1 N–H and O–H groups in total. The number of nitrogens with zero attached hydrogens (tertiary/aromatic N) is 8. The Hall–Kier alpha value is -5.32. The van der Waals surface area contributed by atoms with Gasteiger partial charge in [0.1, 0.15) is 23.1 Å². The summed E-state index contributed by atoms with van der Waals surface area (Å²) in [5, 5.41) is 17.4. The fourth-order valence-corrected chi connectivity index (χ4v) is 8.44. The van der Waals surface area contributed by atoms with Gasteiger partial charge in [0.2, 0.25) is 10.0 Å². The Morgan fingerprint density at radius 3 is 2.63 bits per heavy atom. The molecule has 1 aliphatic carbocycles. The smallest absolute Gasteiger partial charge is 0.267 e. The molecule has 13 nitrogen and oxygen atoms in total. The van der Waals surface area contributed by atoms with Gasteiger partial charge in [0.15, 0.2) is 0 Å². The fraction of sp³-hybridized carbons (Fsp3) is 0.278. The van der Waals surface area contributed by atoms with E-state index in [1.54, 1.807) is 46.4 Å². The zero-order valence-corrected chi connectivity index (χ0v) is 30.4. The molecule has 1 saturated heterocycles. The number of nitriles is 1. The molecule has 16 heteroatoms. The minimum Gasteiger partial charge on any atom is -0.353 e. The fourth-order valence-electron chi connectivity index (χ4n) is 6.79. The van der Waals surface area contributed by atoms with Crippen LogP contribution >= 0.6 is 22.9 Å². The molecule has 2 fully saturated rings. The number of sulfonamides is 1. The second-order valence-corrected chi connectivity index (χ2v) is 16.0. The van der Waals surface area contributed by atoms with E-state index in [0.717, 1.165) is 32.4 Å². The third-order valence-corrected chi connectivity index (χ3v) is 11.1. The lowest BCUT2D eigenvalue weighted by Crippen LogP contribution is -2.47. The van der Waals surface area contributed by atoms with Crippen LogP contribution in [0.4, 0.5) is 5.82 Å². The maximum Gasteiger partial charge on any atom is 0.267 e. The highest BCUT2D eigenvalue weighted by atomic mass is 35.5. The Kier molecular flexibility index (Phi) is 8.47. The molecule has 1 aliphatic heterocycles. The molecule has 6 aromatic rings. The van der Waals surface area contributed by atoms with Gasteiger partial charge < -0.3 is 4.90 Å². The number of aryl methyl sites for hydroxylation is 1. The molecule has 2 aliphatic rings. The van der Waals surface area contributed by atoms with Gasteiger partial charge >= 0.3 is 0 Å².